The topological polar surface area (TPSA) is 78.6 Å². The molecule has 6 heteroatoms. The smallest absolute Gasteiger partial charge is 0.289 e. The number of nitrogens with one attached hydrogen (secondary N) is 1. The van der Waals surface area contributed by atoms with Crippen molar-refractivity contribution in [2.75, 3.05) is 26.2 Å². The van der Waals surface area contributed by atoms with Crippen LogP contribution >= 0.6 is 0 Å². The van der Waals surface area contributed by atoms with E-state index in [1.54, 1.807) is 6.07 Å². The SMILES string of the molecule is CC(C)c1cc(C(=O)NCCN2CCCC[C@@H]2CO)on1. The lowest BCUT2D eigenvalue weighted by molar-refractivity contribution is 0.0830. The van der Waals surface area contributed by atoms with Crippen LogP contribution in [0.1, 0.15) is 55.3 Å². The Morgan fingerprint density at radius 2 is 2.38 bits per heavy atom. The van der Waals surface area contributed by atoms with Gasteiger partial charge in [0.2, 0.25) is 5.76 Å². The van der Waals surface area contributed by atoms with Gasteiger partial charge in [-0.15, -0.1) is 0 Å². The molecular formula is C15H25N3O3. The number of hydrogen-bond donors (Lipinski definition) is 2. The summed E-state index contributed by atoms with van der Waals surface area (Å²) >= 11 is 0. The van der Waals surface area contributed by atoms with Crippen molar-refractivity contribution in [1.29, 1.82) is 0 Å². The molecule has 1 aliphatic rings. The summed E-state index contributed by atoms with van der Waals surface area (Å²) < 4.78 is 5.06. The lowest BCUT2D eigenvalue weighted by Gasteiger charge is -2.34. The van der Waals surface area contributed by atoms with Crippen LogP contribution in [0.2, 0.25) is 0 Å². The van der Waals surface area contributed by atoms with Crippen LogP contribution < -0.4 is 5.32 Å². The molecule has 0 aromatic carbocycles. The molecule has 6 nitrogen and oxygen atoms in total. The molecule has 0 saturated carbocycles. The van der Waals surface area contributed by atoms with Crippen molar-refractivity contribution >= 4 is 5.91 Å². The van der Waals surface area contributed by atoms with Crippen molar-refractivity contribution in [3.8, 4) is 0 Å². The van der Waals surface area contributed by atoms with E-state index in [4.69, 9.17) is 4.52 Å². The van der Waals surface area contributed by atoms with Gasteiger partial charge in [-0.2, -0.15) is 0 Å². The van der Waals surface area contributed by atoms with Gasteiger partial charge in [0.1, 0.15) is 0 Å². The summed E-state index contributed by atoms with van der Waals surface area (Å²) in [6, 6.07) is 1.92. The van der Waals surface area contributed by atoms with Crippen LogP contribution in [0.3, 0.4) is 0 Å². The molecule has 1 amide bonds. The maximum atomic E-state index is 12.0. The standard InChI is InChI=1S/C15H25N3O3/c1-11(2)13-9-14(21-17-13)15(20)16-6-8-18-7-4-3-5-12(18)10-19/h9,11-12,19H,3-8,10H2,1-2H3,(H,16,20)/t12-/m1/s1. The fraction of sp³-hybridized carbons (Fsp3) is 0.733. The number of likely N-dealkylation sites (tertiary alicyclic amines) is 1. The average Bonchev–Trinajstić information content (AvgIpc) is 2.98. The second-order valence-electron chi connectivity index (χ2n) is 5.89. The van der Waals surface area contributed by atoms with Gasteiger partial charge in [-0.25, -0.2) is 0 Å². The van der Waals surface area contributed by atoms with E-state index >= 15 is 0 Å². The molecule has 1 fully saturated rings. The fourth-order valence-corrected chi connectivity index (χ4v) is 2.63. The van der Waals surface area contributed by atoms with Gasteiger partial charge in [-0.3, -0.25) is 9.69 Å². The van der Waals surface area contributed by atoms with Crippen molar-refractivity contribution in [2.24, 2.45) is 0 Å². The third-order valence-corrected chi connectivity index (χ3v) is 3.99. The molecule has 21 heavy (non-hydrogen) atoms. The largest absolute Gasteiger partial charge is 0.395 e. The molecule has 1 aliphatic heterocycles. The highest BCUT2D eigenvalue weighted by molar-refractivity contribution is 5.91. The highest BCUT2D eigenvalue weighted by Gasteiger charge is 2.21. The first-order chi connectivity index (χ1) is 10.1. The van der Waals surface area contributed by atoms with Gasteiger partial charge in [0.05, 0.1) is 12.3 Å². The Kier molecular flexibility index (Phi) is 5.76. The highest BCUT2D eigenvalue weighted by atomic mass is 16.5. The number of aliphatic hydroxyl groups is 1. The third-order valence-electron chi connectivity index (χ3n) is 3.99. The maximum Gasteiger partial charge on any atom is 0.289 e. The lowest BCUT2D eigenvalue weighted by atomic mass is 10.0. The first-order valence-electron chi connectivity index (χ1n) is 7.71. The second-order valence-corrected chi connectivity index (χ2v) is 5.89. The molecule has 2 N–H and O–H groups in total. The predicted molar refractivity (Wildman–Crippen MR) is 79.2 cm³/mol. The van der Waals surface area contributed by atoms with E-state index in [-0.39, 0.29) is 30.2 Å². The van der Waals surface area contributed by atoms with Crippen LogP contribution in [-0.2, 0) is 0 Å². The molecule has 0 bridgehead atoms. The van der Waals surface area contributed by atoms with Crippen molar-refractivity contribution in [3.63, 3.8) is 0 Å². The first kappa shape index (κ1) is 16.0. The second kappa shape index (κ2) is 7.56. The van der Waals surface area contributed by atoms with Crippen molar-refractivity contribution in [3.05, 3.63) is 17.5 Å². The van der Waals surface area contributed by atoms with Gasteiger partial charge >= 0.3 is 0 Å². The van der Waals surface area contributed by atoms with Crippen LogP contribution in [0.15, 0.2) is 10.6 Å². The summed E-state index contributed by atoms with van der Waals surface area (Å²) in [5.41, 5.74) is 0.788. The summed E-state index contributed by atoms with van der Waals surface area (Å²) in [5, 5.41) is 16.1. The number of aromatic nitrogens is 1. The molecule has 0 radical (unpaired) electrons. The minimum atomic E-state index is -0.230. The Hall–Kier alpha value is -1.40. The summed E-state index contributed by atoms with van der Waals surface area (Å²) in [6.45, 7) is 6.49. The third kappa shape index (κ3) is 4.28. The molecule has 118 valence electrons. The number of carbonyl (C=O) groups excluding carboxylic acids is 1. The highest BCUT2D eigenvalue weighted by Crippen LogP contribution is 2.16. The zero-order valence-corrected chi connectivity index (χ0v) is 12.8. The van der Waals surface area contributed by atoms with E-state index < -0.39 is 0 Å². The van der Waals surface area contributed by atoms with E-state index in [9.17, 15) is 9.90 Å². The summed E-state index contributed by atoms with van der Waals surface area (Å²) in [7, 11) is 0. The van der Waals surface area contributed by atoms with Crippen molar-refractivity contribution in [1.82, 2.24) is 15.4 Å². The molecule has 0 unspecified atom stereocenters. The number of rotatable bonds is 6. The monoisotopic (exact) mass is 295 g/mol. The molecule has 2 rings (SSSR count). The number of piperidine rings is 1. The Morgan fingerprint density at radius 3 is 3.05 bits per heavy atom. The van der Waals surface area contributed by atoms with Gasteiger partial charge < -0.3 is 14.9 Å². The van der Waals surface area contributed by atoms with Crippen molar-refractivity contribution in [2.45, 2.75) is 45.1 Å². The Balaban J connectivity index is 1.78. The lowest BCUT2D eigenvalue weighted by Crippen LogP contribution is -2.45. The first-order valence-corrected chi connectivity index (χ1v) is 7.71. The van der Waals surface area contributed by atoms with E-state index in [1.165, 1.54) is 6.42 Å². The van der Waals surface area contributed by atoms with E-state index in [1.807, 2.05) is 13.8 Å². The number of nitrogens with zero attached hydrogens (tertiary/aromatic N) is 2. The van der Waals surface area contributed by atoms with Crippen LogP contribution in [0, 0.1) is 0 Å². The Labute approximate surface area is 125 Å². The molecule has 1 aromatic rings. The number of hydrogen-bond acceptors (Lipinski definition) is 5. The number of carbonyl (C=O) groups is 1. The van der Waals surface area contributed by atoms with Gasteiger partial charge in [0.15, 0.2) is 0 Å². The zero-order valence-electron chi connectivity index (χ0n) is 12.8. The average molecular weight is 295 g/mol. The molecule has 2 heterocycles. The molecule has 0 aliphatic carbocycles. The van der Waals surface area contributed by atoms with Gasteiger partial charge in [0, 0.05) is 25.2 Å². The molecule has 1 atom stereocenters. The fourth-order valence-electron chi connectivity index (χ4n) is 2.63. The quantitative estimate of drug-likeness (QED) is 0.829. The predicted octanol–water partition coefficient (Wildman–Crippen LogP) is 1.37. The minimum absolute atomic E-state index is 0.188. The van der Waals surface area contributed by atoms with Crippen LogP contribution in [0.25, 0.3) is 0 Å². The normalized spacial score (nSPS) is 19.9. The van der Waals surface area contributed by atoms with Crippen molar-refractivity contribution < 1.29 is 14.4 Å². The summed E-state index contributed by atoms with van der Waals surface area (Å²) in [4.78, 5) is 14.2. The van der Waals surface area contributed by atoms with E-state index in [0.29, 0.717) is 6.54 Å². The van der Waals surface area contributed by atoms with Gasteiger partial charge in [-0.05, 0) is 25.3 Å². The molecule has 1 aromatic heterocycles. The summed E-state index contributed by atoms with van der Waals surface area (Å²) in [5.74, 6) is 0.275. The Bertz CT molecular complexity index is 459. The van der Waals surface area contributed by atoms with Crippen LogP contribution in [-0.4, -0.2) is 53.4 Å². The van der Waals surface area contributed by atoms with Crippen LogP contribution in [0.4, 0.5) is 0 Å². The maximum absolute atomic E-state index is 12.0. The molecular weight excluding hydrogens is 270 g/mol. The summed E-state index contributed by atoms with van der Waals surface area (Å²) in [6.07, 6.45) is 3.36. The zero-order chi connectivity index (χ0) is 15.2. The van der Waals surface area contributed by atoms with E-state index in [2.05, 4.69) is 15.4 Å². The molecule has 0 spiro atoms. The van der Waals surface area contributed by atoms with Crippen LogP contribution in [0.5, 0.6) is 0 Å². The van der Waals surface area contributed by atoms with Gasteiger partial charge in [-0.1, -0.05) is 25.4 Å². The van der Waals surface area contributed by atoms with Gasteiger partial charge in [0.25, 0.3) is 5.91 Å². The molecule has 1 saturated heterocycles. The van der Waals surface area contributed by atoms with E-state index in [0.717, 1.165) is 31.6 Å². The number of amides is 1. The number of aliphatic hydroxyl groups excluding tert-OH is 1. The Morgan fingerprint density at radius 1 is 1.57 bits per heavy atom. The minimum Gasteiger partial charge on any atom is -0.395 e.